The summed E-state index contributed by atoms with van der Waals surface area (Å²) < 4.78 is 0.989. The normalized spacial score (nSPS) is 23.1. The summed E-state index contributed by atoms with van der Waals surface area (Å²) in [4.78, 5) is 21.1. The first-order chi connectivity index (χ1) is 9.74. The molecule has 5 heteroatoms. The summed E-state index contributed by atoms with van der Waals surface area (Å²) in [6.45, 7) is 3.75. The number of carbonyl (C=O) groups is 1. The predicted molar refractivity (Wildman–Crippen MR) is 82.7 cm³/mol. The van der Waals surface area contributed by atoms with Gasteiger partial charge in [0.1, 0.15) is 0 Å². The van der Waals surface area contributed by atoms with Gasteiger partial charge in [-0.1, -0.05) is 0 Å². The molecule has 2 saturated heterocycles. The lowest BCUT2D eigenvalue weighted by Crippen LogP contribution is -2.44. The molecule has 4 nitrogen and oxygen atoms in total. The number of hydrogen-bond donors (Lipinski definition) is 0. The van der Waals surface area contributed by atoms with E-state index >= 15 is 0 Å². The Hall–Kier alpha value is -1.10. The second kappa shape index (κ2) is 6.12. The molecule has 0 aromatic carbocycles. The number of hydrogen-bond acceptors (Lipinski definition) is 3. The van der Waals surface area contributed by atoms with Crippen LogP contribution in [0.15, 0.2) is 22.9 Å². The molecule has 3 heterocycles. The van der Waals surface area contributed by atoms with Gasteiger partial charge in [0.2, 0.25) is 5.91 Å². The van der Waals surface area contributed by atoms with E-state index in [0.29, 0.717) is 5.91 Å². The van der Waals surface area contributed by atoms with Gasteiger partial charge in [-0.2, -0.15) is 0 Å². The zero-order chi connectivity index (χ0) is 13.9. The summed E-state index contributed by atoms with van der Waals surface area (Å²) in [6.07, 6.45) is 8.10. The number of carbonyl (C=O) groups excluding carboxylic acids is 1. The number of amides is 1. The molecular weight excluding hydrogens is 318 g/mol. The molecule has 2 fully saturated rings. The van der Waals surface area contributed by atoms with Crippen molar-refractivity contribution in [1.29, 1.82) is 0 Å². The van der Waals surface area contributed by atoms with Crippen molar-refractivity contribution in [3.63, 3.8) is 0 Å². The van der Waals surface area contributed by atoms with Gasteiger partial charge in [-0.3, -0.25) is 9.78 Å². The van der Waals surface area contributed by atoms with E-state index in [4.69, 9.17) is 0 Å². The van der Waals surface area contributed by atoms with Crippen molar-refractivity contribution < 1.29 is 4.79 Å². The summed E-state index contributed by atoms with van der Waals surface area (Å²) in [6, 6.07) is 2.08. The van der Waals surface area contributed by atoms with E-state index in [1.54, 1.807) is 6.20 Å². The summed E-state index contributed by atoms with van der Waals surface area (Å²) in [5.74, 6) is 0.510. The van der Waals surface area contributed by atoms with E-state index in [2.05, 4.69) is 31.9 Å². The second-order valence-corrected chi connectivity index (χ2v) is 6.59. The SMILES string of the molecule is O=C([C@H]1CCCN(c2cncc(Br)c2)C1)N1CCCC1. The van der Waals surface area contributed by atoms with Crippen molar-refractivity contribution in [3.05, 3.63) is 22.9 Å². The van der Waals surface area contributed by atoms with E-state index in [9.17, 15) is 4.79 Å². The lowest BCUT2D eigenvalue weighted by Gasteiger charge is -2.35. The fourth-order valence-corrected chi connectivity index (χ4v) is 3.54. The average molecular weight is 338 g/mol. The summed E-state index contributed by atoms with van der Waals surface area (Å²) >= 11 is 3.46. The molecule has 0 N–H and O–H groups in total. The van der Waals surface area contributed by atoms with Gasteiger partial charge in [0.05, 0.1) is 17.8 Å². The quantitative estimate of drug-likeness (QED) is 0.832. The Kier molecular flexibility index (Phi) is 4.24. The predicted octanol–water partition coefficient (Wildman–Crippen LogP) is 2.68. The molecule has 3 rings (SSSR count). The van der Waals surface area contributed by atoms with Crippen LogP contribution in [0.2, 0.25) is 0 Å². The maximum Gasteiger partial charge on any atom is 0.227 e. The zero-order valence-corrected chi connectivity index (χ0v) is 13.2. The van der Waals surface area contributed by atoms with Crippen molar-refractivity contribution in [2.45, 2.75) is 25.7 Å². The Morgan fingerprint density at radius 3 is 2.75 bits per heavy atom. The number of likely N-dealkylation sites (tertiary alicyclic amines) is 1. The van der Waals surface area contributed by atoms with E-state index < -0.39 is 0 Å². The van der Waals surface area contributed by atoms with E-state index in [-0.39, 0.29) is 5.92 Å². The van der Waals surface area contributed by atoms with Gasteiger partial charge in [-0.15, -0.1) is 0 Å². The summed E-state index contributed by atoms with van der Waals surface area (Å²) in [5, 5.41) is 0. The fourth-order valence-electron chi connectivity index (χ4n) is 3.18. The number of pyridine rings is 1. The number of anilines is 1. The Morgan fingerprint density at radius 1 is 1.20 bits per heavy atom. The molecule has 108 valence electrons. The van der Waals surface area contributed by atoms with Crippen molar-refractivity contribution >= 4 is 27.5 Å². The van der Waals surface area contributed by atoms with Crippen molar-refractivity contribution in [3.8, 4) is 0 Å². The van der Waals surface area contributed by atoms with Crippen LogP contribution in [-0.2, 0) is 4.79 Å². The third-order valence-corrected chi connectivity index (χ3v) is 4.68. The monoisotopic (exact) mass is 337 g/mol. The van der Waals surface area contributed by atoms with Crippen LogP contribution in [0.5, 0.6) is 0 Å². The van der Waals surface area contributed by atoms with Crippen LogP contribution < -0.4 is 4.90 Å². The molecule has 0 bridgehead atoms. The van der Waals surface area contributed by atoms with Gasteiger partial charge < -0.3 is 9.80 Å². The van der Waals surface area contributed by atoms with E-state index in [1.165, 1.54) is 0 Å². The molecule has 1 atom stereocenters. The third-order valence-electron chi connectivity index (χ3n) is 4.24. The van der Waals surface area contributed by atoms with Crippen LogP contribution in [0.1, 0.15) is 25.7 Å². The highest BCUT2D eigenvalue weighted by Gasteiger charge is 2.30. The van der Waals surface area contributed by atoms with Crippen LogP contribution in [0.4, 0.5) is 5.69 Å². The lowest BCUT2D eigenvalue weighted by molar-refractivity contribution is -0.134. The number of nitrogens with zero attached hydrogens (tertiary/aromatic N) is 3. The molecule has 1 aromatic rings. The minimum absolute atomic E-state index is 0.154. The smallest absolute Gasteiger partial charge is 0.227 e. The molecule has 2 aliphatic heterocycles. The third kappa shape index (κ3) is 2.97. The number of aromatic nitrogens is 1. The number of piperidine rings is 1. The van der Waals surface area contributed by atoms with Gasteiger partial charge in [0.15, 0.2) is 0 Å². The van der Waals surface area contributed by atoms with Crippen LogP contribution in [0.25, 0.3) is 0 Å². The van der Waals surface area contributed by atoms with E-state index in [0.717, 1.165) is 62.0 Å². The highest BCUT2D eigenvalue weighted by atomic mass is 79.9. The van der Waals surface area contributed by atoms with Crippen LogP contribution in [-0.4, -0.2) is 42.0 Å². The lowest BCUT2D eigenvalue weighted by atomic mass is 9.96. The molecule has 1 aromatic heterocycles. The summed E-state index contributed by atoms with van der Waals surface area (Å²) in [7, 11) is 0. The molecule has 0 spiro atoms. The molecule has 0 radical (unpaired) electrons. The number of rotatable bonds is 2. The van der Waals surface area contributed by atoms with Gasteiger partial charge in [0, 0.05) is 36.8 Å². The Labute approximate surface area is 128 Å². The van der Waals surface area contributed by atoms with Crippen LogP contribution in [0, 0.1) is 5.92 Å². The first-order valence-corrected chi connectivity index (χ1v) is 8.17. The van der Waals surface area contributed by atoms with Crippen molar-refractivity contribution in [2.24, 2.45) is 5.92 Å². The van der Waals surface area contributed by atoms with Gasteiger partial charge in [0.25, 0.3) is 0 Å². The second-order valence-electron chi connectivity index (χ2n) is 5.68. The topological polar surface area (TPSA) is 36.4 Å². The molecule has 20 heavy (non-hydrogen) atoms. The van der Waals surface area contributed by atoms with Gasteiger partial charge in [-0.05, 0) is 47.7 Å². The van der Waals surface area contributed by atoms with E-state index in [1.807, 2.05) is 11.1 Å². The zero-order valence-electron chi connectivity index (χ0n) is 11.6. The largest absolute Gasteiger partial charge is 0.369 e. The first kappa shape index (κ1) is 13.9. The maximum atomic E-state index is 12.5. The van der Waals surface area contributed by atoms with Crippen LogP contribution >= 0.6 is 15.9 Å². The minimum atomic E-state index is 0.154. The molecule has 0 unspecified atom stereocenters. The summed E-state index contributed by atoms with van der Waals surface area (Å²) in [5.41, 5.74) is 1.11. The minimum Gasteiger partial charge on any atom is -0.369 e. The van der Waals surface area contributed by atoms with Gasteiger partial charge in [-0.25, -0.2) is 0 Å². The van der Waals surface area contributed by atoms with Crippen molar-refractivity contribution in [1.82, 2.24) is 9.88 Å². The highest BCUT2D eigenvalue weighted by Crippen LogP contribution is 2.26. The standard InChI is InChI=1S/C15H20BrN3O/c16-13-8-14(10-17-9-13)19-7-3-4-12(11-19)15(20)18-5-1-2-6-18/h8-10,12H,1-7,11H2/t12-/m0/s1. The Bertz CT molecular complexity index is 488. The molecule has 1 amide bonds. The first-order valence-electron chi connectivity index (χ1n) is 7.38. The van der Waals surface area contributed by atoms with Crippen molar-refractivity contribution in [2.75, 3.05) is 31.1 Å². The molecule has 0 saturated carbocycles. The Balaban J connectivity index is 1.68. The molecule has 0 aliphatic carbocycles. The molecule has 2 aliphatic rings. The van der Waals surface area contributed by atoms with Gasteiger partial charge >= 0.3 is 0 Å². The van der Waals surface area contributed by atoms with Crippen LogP contribution in [0.3, 0.4) is 0 Å². The number of halogens is 1. The highest BCUT2D eigenvalue weighted by molar-refractivity contribution is 9.10. The fraction of sp³-hybridized carbons (Fsp3) is 0.600. The maximum absolute atomic E-state index is 12.5. The Morgan fingerprint density at radius 2 is 2.00 bits per heavy atom. The molecular formula is C15H20BrN3O. The average Bonchev–Trinajstić information content (AvgIpc) is 3.01.